The lowest BCUT2D eigenvalue weighted by molar-refractivity contribution is -0.144. The third kappa shape index (κ3) is 2.49. The van der Waals surface area contributed by atoms with Gasteiger partial charge in [-0.05, 0) is 32.6 Å². The van der Waals surface area contributed by atoms with Gasteiger partial charge in [0, 0.05) is 19.7 Å². The van der Waals surface area contributed by atoms with Crippen molar-refractivity contribution in [2.75, 3.05) is 19.7 Å². The maximum Gasteiger partial charge on any atom is 0.251 e. The number of amides is 1. The summed E-state index contributed by atoms with van der Waals surface area (Å²) in [5, 5.41) is 9.77. The molecule has 0 bridgehead atoms. The smallest absolute Gasteiger partial charge is 0.251 e. The van der Waals surface area contributed by atoms with Gasteiger partial charge in [0.15, 0.2) is 0 Å². The first-order valence-electron chi connectivity index (χ1n) is 5.71. The summed E-state index contributed by atoms with van der Waals surface area (Å²) in [5.74, 6) is 0.114. The van der Waals surface area contributed by atoms with Crippen molar-refractivity contribution in [3.05, 3.63) is 0 Å². The summed E-state index contributed by atoms with van der Waals surface area (Å²) < 4.78 is 5.37. The molecule has 2 saturated heterocycles. The fourth-order valence-electron chi connectivity index (χ4n) is 2.18. The molecule has 0 aliphatic carbocycles. The molecule has 2 aliphatic heterocycles. The van der Waals surface area contributed by atoms with Crippen LogP contribution in [-0.4, -0.2) is 47.3 Å². The Balaban J connectivity index is 1.87. The summed E-state index contributed by atoms with van der Waals surface area (Å²) >= 11 is 0. The Morgan fingerprint density at radius 1 is 1.47 bits per heavy atom. The van der Waals surface area contributed by atoms with Gasteiger partial charge in [-0.25, -0.2) is 0 Å². The normalized spacial score (nSPS) is 30.5. The van der Waals surface area contributed by atoms with E-state index in [0.29, 0.717) is 32.5 Å². The number of hydrogen-bond donors (Lipinski definition) is 1. The van der Waals surface area contributed by atoms with Crippen LogP contribution in [-0.2, 0) is 9.53 Å². The number of rotatable bonds is 1. The Morgan fingerprint density at radius 3 is 2.67 bits per heavy atom. The van der Waals surface area contributed by atoms with E-state index in [9.17, 15) is 9.90 Å². The number of likely N-dealkylation sites (tertiary alicyclic amines) is 1. The minimum atomic E-state index is -0.590. The summed E-state index contributed by atoms with van der Waals surface area (Å²) in [7, 11) is 0. The van der Waals surface area contributed by atoms with Gasteiger partial charge in [0.1, 0.15) is 6.10 Å². The van der Waals surface area contributed by atoms with Crippen LogP contribution in [0.2, 0.25) is 0 Å². The van der Waals surface area contributed by atoms with Gasteiger partial charge >= 0.3 is 0 Å². The molecule has 0 aromatic carbocycles. The quantitative estimate of drug-likeness (QED) is 0.691. The van der Waals surface area contributed by atoms with Gasteiger partial charge in [-0.3, -0.25) is 4.79 Å². The Hall–Kier alpha value is -0.610. The van der Waals surface area contributed by atoms with Crippen molar-refractivity contribution in [3.63, 3.8) is 0 Å². The first-order valence-corrected chi connectivity index (χ1v) is 5.71. The van der Waals surface area contributed by atoms with Crippen molar-refractivity contribution in [3.8, 4) is 0 Å². The highest BCUT2D eigenvalue weighted by Gasteiger charge is 2.33. The number of hydrogen-bond acceptors (Lipinski definition) is 3. The fourth-order valence-corrected chi connectivity index (χ4v) is 2.18. The van der Waals surface area contributed by atoms with E-state index in [1.54, 1.807) is 0 Å². The average Bonchev–Trinajstić information content (AvgIpc) is 2.69. The lowest BCUT2D eigenvalue weighted by Crippen LogP contribution is -2.48. The fraction of sp³-hybridized carbons (Fsp3) is 0.909. The summed E-state index contributed by atoms with van der Waals surface area (Å²) in [4.78, 5) is 13.8. The van der Waals surface area contributed by atoms with Crippen LogP contribution in [0.25, 0.3) is 0 Å². The number of ether oxygens (including phenoxy) is 1. The number of aliphatic hydroxyl groups is 1. The molecular formula is C11H19NO3. The predicted molar refractivity (Wildman–Crippen MR) is 55.4 cm³/mol. The third-order valence-electron chi connectivity index (χ3n) is 3.36. The lowest BCUT2D eigenvalue weighted by atomic mass is 9.93. The molecule has 1 unspecified atom stereocenters. The maximum absolute atomic E-state index is 11.9. The maximum atomic E-state index is 11.9. The zero-order valence-corrected chi connectivity index (χ0v) is 9.24. The van der Waals surface area contributed by atoms with Crippen LogP contribution in [0.1, 0.15) is 32.6 Å². The van der Waals surface area contributed by atoms with Gasteiger partial charge < -0.3 is 14.7 Å². The molecule has 1 amide bonds. The molecule has 0 saturated carbocycles. The second-order valence-corrected chi connectivity index (χ2v) is 4.82. The Labute approximate surface area is 90.2 Å². The highest BCUT2D eigenvalue weighted by Crippen LogP contribution is 2.23. The van der Waals surface area contributed by atoms with Crippen LogP contribution in [0.5, 0.6) is 0 Å². The van der Waals surface area contributed by atoms with E-state index in [4.69, 9.17) is 4.74 Å². The van der Waals surface area contributed by atoms with Crippen LogP contribution < -0.4 is 0 Å². The summed E-state index contributed by atoms with van der Waals surface area (Å²) in [6, 6.07) is 0. The molecule has 4 heteroatoms. The zero-order chi connectivity index (χ0) is 10.9. The van der Waals surface area contributed by atoms with Crippen LogP contribution in [0.4, 0.5) is 0 Å². The molecule has 1 N–H and O–H groups in total. The molecule has 2 heterocycles. The molecule has 86 valence electrons. The lowest BCUT2D eigenvalue weighted by Gasteiger charge is -2.36. The highest BCUT2D eigenvalue weighted by atomic mass is 16.5. The second kappa shape index (κ2) is 4.10. The van der Waals surface area contributed by atoms with Crippen molar-refractivity contribution in [2.24, 2.45) is 0 Å². The van der Waals surface area contributed by atoms with Crippen LogP contribution in [0, 0.1) is 0 Å². The van der Waals surface area contributed by atoms with Gasteiger partial charge in [0.05, 0.1) is 5.60 Å². The van der Waals surface area contributed by atoms with E-state index in [0.717, 1.165) is 12.8 Å². The van der Waals surface area contributed by atoms with E-state index < -0.39 is 5.60 Å². The molecular weight excluding hydrogens is 194 g/mol. The first kappa shape index (κ1) is 10.9. The third-order valence-corrected chi connectivity index (χ3v) is 3.36. The summed E-state index contributed by atoms with van der Waals surface area (Å²) in [5.41, 5.74) is -0.590. The molecule has 15 heavy (non-hydrogen) atoms. The SMILES string of the molecule is CC1(O)CCN(C(=O)C2CCCO2)CC1. The second-order valence-electron chi connectivity index (χ2n) is 4.82. The van der Waals surface area contributed by atoms with Crippen LogP contribution >= 0.6 is 0 Å². The highest BCUT2D eigenvalue weighted by molar-refractivity contribution is 5.81. The monoisotopic (exact) mass is 213 g/mol. The summed E-state index contributed by atoms with van der Waals surface area (Å²) in [6.07, 6.45) is 2.97. The number of piperidine rings is 1. The molecule has 2 aliphatic rings. The van der Waals surface area contributed by atoms with E-state index in [2.05, 4.69) is 0 Å². The Kier molecular flexibility index (Phi) is 2.98. The van der Waals surface area contributed by atoms with E-state index >= 15 is 0 Å². The van der Waals surface area contributed by atoms with Crippen molar-refractivity contribution in [1.29, 1.82) is 0 Å². The molecule has 0 aromatic rings. The number of carbonyl (C=O) groups excluding carboxylic acids is 1. The van der Waals surface area contributed by atoms with E-state index in [1.807, 2.05) is 11.8 Å². The van der Waals surface area contributed by atoms with Gasteiger partial charge in [-0.1, -0.05) is 0 Å². The van der Waals surface area contributed by atoms with Gasteiger partial charge in [-0.2, -0.15) is 0 Å². The Morgan fingerprint density at radius 2 is 2.13 bits per heavy atom. The van der Waals surface area contributed by atoms with Crippen molar-refractivity contribution >= 4 is 5.91 Å². The predicted octanol–water partition coefficient (Wildman–Crippen LogP) is 0.539. The standard InChI is InChI=1S/C11H19NO3/c1-11(14)4-6-12(7-5-11)10(13)9-3-2-8-15-9/h9,14H,2-8H2,1H3. The Bertz CT molecular complexity index is 236. The molecule has 2 fully saturated rings. The minimum absolute atomic E-state index is 0.114. The largest absolute Gasteiger partial charge is 0.390 e. The molecule has 0 aromatic heterocycles. The number of nitrogens with zero attached hydrogens (tertiary/aromatic N) is 1. The number of carbonyl (C=O) groups is 1. The molecule has 4 nitrogen and oxygen atoms in total. The first-order chi connectivity index (χ1) is 7.08. The minimum Gasteiger partial charge on any atom is -0.390 e. The van der Waals surface area contributed by atoms with E-state index in [1.165, 1.54) is 0 Å². The van der Waals surface area contributed by atoms with Crippen molar-refractivity contribution < 1.29 is 14.6 Å². The van der Waals surface area contributed by atoms with E-state index in [-0.39, 0.29) is 12.0 Å². The van der Waals surface area contributed by atoms with Crippen LogP contribution in [0.3, 0.4) is 0 Å². The van der Waals surface area contributed by atoms with Crippen molar-refractivity contribution in [1.82, 2.24) is 4.90 Å². The van der Waals surface area contributed by atoms with Crippen LogP contribution in [0.15, 0.2) is 0 Å². The molecule has 0 spiro atoms. The van der Waals surface area contributed by atoms with Crippen molar-refractivity contribution in [2.45, 2.75) is 44.3 Å². The van der Waals surface area contributed by atoms with Gasteiger partial charge in [0.2, 0.25) is 0 Å². The summed E-state index contributed by atoms with van der Waals surface area (Å²) in [6.45, 7) is 3.86. The zero-order valence-electron chi connectivity index (χ0n) is 9.24. The average molecular weight is 213 g/mol. The molecule has 1 atom stereocenters. The topological polar surface area (TPSA) is 49.8 Å². The van der Waals surface area contributed by atoms with Gasteiger partial charge in [-0.15, -0.1) is 0 Å². The molecule has 0 radical (unpaired) electrons. The molecule has 2 rings (SSSR count). The van der Waals surface area contributed by atoms with Gasteiger partial charge in [0.25, 0.3) is 5.91 Å².